The van der Waals surface area contributed by atoms with E-state index < -0.39 is 10.9 Å². The van der Waals surface area contributed by atoms with Crippen LogP contribution < -0.4 is 14.9 Å². The lowest BCUT2D eigenvalue weighted by atomic mass is 10.0. The first-order chi connectivity index (χ1) is 16.1. The van der Waals surface area contributed by atoms with Gasteiger partial charge in [-0.25, -0.2) is 18.1 Å². The van der Waals surface area contributed by atoms with Gasteiger partial charge in [-0.3, -0.25) is 4.98 Å². The zero-order valence-corrected chi connectivity index (χ0v) is 19.3. The van der Waals surface area contributed by atoms with Crippen molar-refractivity contribution in [2.75, 3.05) is 43.1 Å². The second-order valence-corrected chi connectivity index (χ2v) is 8.61. The van der Waals surface area contributed by atoms with Gasteiger partial charge in [-0.15, -0.1) is 0 Å². The summed E-state index contributed by atoms with van der Waals surface area (Å²) in [5.74, 6) is 0.742. The summed E-state index contributed by atoms with van der Waals surface area (Å²) in [6.07, 6.45) is 3.19. The lowest BCUT2D eigenvalue weighted by Gasteiger charge is -2.27. The Bertz CT molecular complexity index is 1260. The summed E-state index contributed by atoms with van der Waals surface area (Å²) in [5, 5.41) is 13.4. The number of rotatable bonds is 8. The van der Waals surface area contributed by atoms with Gasteiger partial charge in [-0.2, -0.15) is 5.26 Å². The van der Waals surface area contributed by atoms with Crippen LogP contribution in [0.4, 0.5) is 17.2 Å². The molecule has 1 aliphatic heterocycles. The van der Waals surface area contributed by atoms with E-state index in [0.29, 0.717) is 48.5 Å². The molecule has 2 N–H and O–H groups in total. The topological polar surface area (TPSA) is 120 Å². The Morgan fingerprint density at radius 1 is 1.18 bits per heavy atom. The standard InChI is InChI=1S/C23H26N6O3S/c1-16-17(5-3-9-26-33(30)31)4-2-6-19(16)27-20-7-8-21-23(18(20)14-24)28-22(15-25-21)29-10-12-32-13-11-29/h2,4,6-8,15,27,33H,3,5,9-13H2,1H3,(H,26,30,31). The van der Waals surface area contributed by atoms with Crippen LogP contribution in [-0.2, 0) is 22.0 Å². The number of benzene rings is 2. The van der Waals surface area contributed by atoms with Crippen molar-refractivity contribution in [3.63, 3.8) is 0 Å². The first-order valence-electron chi connectivity index (χ1n) is 10.8. The van der Waals surface area contributed by atoms with Crippen LogP contribution in [0.3, 0.4) is 0 Å². The van der Waals surface area contributed by atoms with E-state index in [4.69, 9.17) is 9.72 Å². The minimum atomic E-state index is -2.57. The fourth-order valence-electron chi connectivity index (χ4n) is 3.91. The Morgan fingerprint density at radius 2 is 2.00 bits per heavy atom. The summed E-state index contributed by atoms with van der Waals surface area (Å²) in [6, 6.07) is 12.0. The van der Waals surface area contributed by atoms with Gasteiger partial charge in [0.2, 0.25) is 10.9 Å². The fourth-order valence-corrected chi connectivity index (χ4v) is 4.26. The minimum absolute atomic E-state index is 0.406. The summed E-state index contributed by atoms with van der Waals surface area (Å²) < 4.78 is 29.2. The van der Waals surface area contributed by atoms with Gasteiger partial charge in [0, 0.05) is 25.3 Å². The molecule has 0 spiro atoms. The van der Waals surface area contributed by atoms with Crippen LogP contribution in [0.15, 0.2) is 36.5 Å². The van der Waals surface area contributed by atoms with Gasteiger partial charge in [-0.1, -0.05) is 12.1 Å². The number of morpholine rings is 1. The molecule has 1 saturated heterocycles. The number of aryl methyl sites for hydroxylation is 1. The van der Waals surface area contributed by atoms with Gasteiger partial charge in [0.05, 0.1) is 30.6 Å². The van der Waals surface area contributed by atoms with Crippen LogP contribution in [-0.4, -0.2) is 51.2 Å². The summed E-state index contributed by atoms with van der Waals surface area (Å²) in [5.41, 5.74) is 5.43. The van der Waals surface area contributed by atoms with E-state index in [-0.39, 0.29) is 0 Å². The summed E-state index contributed by atoms with van der Waals surface area (Å²) in [7, 11) is -2.57. The second-order valence-electron chi connectivity index (χ2n) is 7.78. The molecule has 3 aromatic rings. The third kappa shape index (κ3) is 5.39. The number of nitriles is 1. The van der Waals surface area contributed by atoms with Crippen LogP contribution >= 0.6 is 0 Å². The highest BCUT2D eigenvalue weighted by atomic mass is 32.2. The van der Waals surface area contributed by atoms with Crippen LogP contribution in [0.5, 0.6) is 0 Å². The molecule has 0 unspecified atom stereocenters. The van der Waals surface area contributed by atoms with Crippen molar-refractivity contribution >= 4 is 39.1 Å². The maximum Gasteiger partial charge on any atom is 0.201 e. The van der Waals surface area contributed by atoms with Crippen molar-refractivity contribution < 1.29 is 13.2 Å². The molecule has 1 aromatic heterocycles. The molecule has 1 aliphatic rings. The van der Waals surface area contributed by atoms with E-state index in [1.807, 2.05) is 37.3 Å². The number of hydrogen-bond donors (Lipinski definition) is 3. The van der Waals surface area contributed by atoms with Gasteiger partial charge in [0.25, 0.3) is 0 Å². The summed E-state index contributed by atoms with van der Waals surface area (Å²) in [6.45, 7) is 5.20. The lowest BCUT2D eigenvalue weighted by molar-refractivity contribution is 0.122. The zero-order valence-electron chi connectivity index (χ0n) is 18.4. The van der Waals surface area contributed by atoms with Crippen LogP contribution in [0, 0.1) is 18.3 Å². The highest BCUT2D eigenvalue weighted by Gasteiger charge is 2.16. The SMILES string of the molecule is Cc1c(CCCN[SH](=O)=O)cccc1Nc1ccc2ncc(N3CCOCC3)nc2c1C#N. The van der Waals surface area contributed by atoms with Gasteiger partial charge in [-0.05, 0) is 49.1 Å². The third-order valence-corrected chi connectivity index (χ3v) is 6.21. The maximum atomic E-state index is 10.7. The van der Waals surface area contributed by atoms with Crippen molar-refractivity contribution in [1.29, 1.82) is 5.26 Å². The van der Waals surface area contributed by atoms with Crippen molar-refractivity contribution in [2.45, 2.75) is 19.8 Å². The molecule has 0 atom stereocenters. The Labute approximate surface area is 194 Å². The van der Waals surface area contributed by atoms with E-state index in [2.05, 4.69) is 26.0 Å². The number of ether oxygens (including phenoxy) is 1. The van der Waals surface area contributed by atoms with E-state index in [1.165, 1.54) is 0 Å². The fraction of sp³-hybridized carbons (Fsp3) is 0.348. The quantitative estimate of drug-likeness (QED) is 0.342. The highest BCUT2D eigenvalue weighted by Crippen LogP contribution is 2.30. The number of anilines is 3. The van der Waals surface area contributed by atoms with E-state index in [0.717, 1.165) is 42.1 Å². The number of nitrogens with one attached hydrogen (secondary N) is 2. The monoisotopic (exact) mass is 466 g/mol. The minimum Gasteiger partial charge on any atom is -0.378 e. The number of aromatic nitrogens is 2. The predicted octanol–water partition coefficient (Wildman–Crippen LogP) is 2.44. The van der Waals surface area contributed by atoms with Crippen LogP contribution in [0.1, 0.15) is 23.1 Å². The predicted molar refractivity (Wildman–Crippen MR) is 128 cm³/mol. The van der Waals surface area contributed by atoms with Crippen molar-refractivity contribution in [2.24, 2.45) is 0 Å². The van der Waals surface area contributed by atoms with Gasteiger partial charge < -0.3 is 15.0 Å². The van der Waals surface area contributed by atoms with Crippen LogP contribution in [0.25, 0.3) is 11.0 Å². The normalized spacial score (nSPS) is 13.9. The van der Waals surface area contributed by atoms with Gasteiger partial charge in [0.1, 0.15) is 23.0 Å². The smallest absolute Gasteiger partial charge is 0.201 e. The maximum absolute atomic E-state index is 10.7. The van der Waals surface area contributed by atoms with E-state index in [9.17, 15) is 13.7 Å². The summed E-state index contributed by atoms with van der Waals surface area (Å²) in [4.78, 5) is 11.4. The van der Waals surface area contributed by atoms with Crippen LogP contribution in [0.2, 0.25) is 0 Å². The number of nitrogens with zero attached hydrogens (tertiary/aromatic N) is 4. The van der Waals surface area contributed by atoms with Crippen molar-refractivity contribution in [3.05, 3.63) is 53.2 Å². The Hall–Kier alpha value is -3.26. The molecule has 0 saturated carbocycles. The first-order valence-corrected chi connectivity index (χ1v) is 12.0. The number of fused-ring (bicyclic) bond motifs is 1. The largest absolute Gasteiger partial charge is 0.378 e. The summed E-state index contributed by atoms with van der Waals surface area (Å²) >= 11 is 0. The Balaban J connectivity index is 1.60. The lowest BCUT2D eigenvalue weighted by Crippen LogP contribution is -2.36. The van der Waals surface area contributed by atoms with Gasteiger partial charge in [0.15, 0.2) is 0 Å². The molecule has 9 nitrogen and oxygen atoms in total. The second kappa shape index (κ2) is 10.6. The molecule has 1 fully saturated rings. The van der Waals surface area contributed by atoms with Crippen molar-refractivity contribution in [1.82, 2.24) is 14.7 Å². The molecule has 2 heterocycles. The molecule has 172 valence electrons. The Kier molecular flexibility index (Phi) is 7.34. The van der Waals surface area contributed by atoms with E-state index >= 15 is 0 Å². The molecule has 2 aromatic carbocycles. The number of thiol groups is 1. The molecule has 4 rings (SSSR count). The van der Waals surface area contributed by atoms with Gasteiger partial charge >= 0.3 is 0 Å². The average Bonchev–Trinajstić information content (AvgIpc) is 2.83. The molecule has 0 radical (unpaired) electrons. The Morgan fingerprint density at radius 3 is 2.76 bits per heavy atom. The molecule has 0 bridgehead atoms. The number of hydrogen-bond acceptors (Lipinski definition) is 8. The molecule has 0 aliphatic carbocycles. The third-order valence-electron chi connectivity index (χ3n) is 5.73. The molecule has 33 heavy (non-hydrogen) atoms. The average molecular weight is 467 g/mol. The zero-order chi connectivity index (χ0) is 23.2. The first kappa shape index (κ1) is 22.9. The molecular formula is C23H26N6O3S. The van der Waals surface area contributed by atoms with Crippen molar-refractivity contribution in [3.8, 4) is 6.07 Å². The highest BCUT2D eigenvalue weighted by molar-refractivity contribution is 7.70. The van der Waals surface area contributed by atoms with E-state index in [1.54, 1.807) is 6.20 Å². The molecule has 0 amide bonds. The molecule has 10 heteroatoms. The molecular weight excluding hydrogens is 440 g/mol.